The first kappa shape index (κ1) is 16.1. The number of nitrogens with one attached hydrogen (secondary N) is 1. The average Bonchev–Trinajstić information content (AvgIpc) is 2.68. The zero-order chi connectivity index (χ0) is 13.2. The standard InChI is InChI=1S/C15H26N2O2.ClH/c1-19-15-12-2-3-13(15)10-17(9-12)14(18)8-11-4-6-16-7-5-11;/h11-13,15-16H,2-10H2,1H3;1H/t12-,13+,15?;. The Morgan fingerprint density at radius 1 is 1.15 bits per heavy atom. The number of amides is 1. The van der Waals surface area contributed by atoms with E-state index < -0.39 is 0 Å². The van der Waals surface area contributed by atoms with Crippen molar-refractivity contribution in [3.05, 3.63) is 0 Å². The maximum atomic E-state index is 12.4. The third-order valence-electron chi connectivity index (χ3n) is 5.29. The Bertz CT molecular complexity index is 320. The van der Waals surface area contributed by atoms with Gasteiger partial charge in [-0.3, -0.25) is 4.79 Å². The highest BCUT2D eigenvalue weighted by atomic mass is 35.5. The molecule has 2 bridgehead atoms. The van der Waals surface area contributed by atoms with Crippen molar-refractivity contribution in [2.24, 2.45) is 17.8 Å². The number of methoxy groups -OCH3 is 1. The molecule has 2 heterocycles. The molecule has 1 N–H and O–H groups in total. The Morgan fingerprint density at radius 2 is 1.75 bits per heavy atom. The molecule has 2 aliphatic heterocycles. The number of carbonyl (C=O) groups excluding carboxylic acids is 1. The molecule has 5 heteroatoms. The van der Waals surface area contributed by atoms with Crippen molar-refractivity contribution < 1.29 is 9.53 Å². The van der Waals surface area contributed by atoms with Gasteiger partial charge >= 0.3 is 0 Å². The van der Waals surface area contributed by atoms with Gasteiger partial charge < -0.3 is 15.0 Å². The number of carbonyl (C=O) groups is 1. The number of piperidine rings is 2. The molecule has 1 aliphatic carbocycles. The van der Waals surface area contributed by atoms with Gasteiger partial charge in [-0.25, -0.2) is 0 Å². The predicted molar refractivity (Wildman–Crippen MR) is 81.0 cm³/mol. The summed E-state index contributed by atoms with van der Waals surface area (Å²) in [6.07, 6.45) is 5.96. The zero-order valence-electron chi connectivity index (χ0n) is 12.3. The van der Waals surface area contributed by atoms with Crippen LogP contribution in [0.2, 0.25) is 0 Å². The van der Waals surface area contributed by atoms with Crippen LogP contribution in [0.5, 0.6) is 0 Å². The van der Waals surface area contributed by atoms with Crippen molar-refractivity contribution in [1.29, 1.82) is 0 Å². The lowest BCUT2D eigenvalue weighted by atomic mass is 9.91. The Balaban J connectivity index is 0.00000147. The van der Waals surface area contributed by atoms with E-state index in [0.29, 0.717) is 29.8 Å². The van der Waals surface area contributed by atoms with Gasteiger partial charge in [0.25, 0.3) is 0 Å². The van der Waals surface area contributed by atoms with Crippen LogP contribution in [0.4, 0.5) is 0 Å². The van der Waals surface area contributed by atoms with Crippen molar-refractivity contribution in [3.63, 3.8) is 0 Å². The molecule has 3 rings (SSSR count). The second-order valence-electron chi connectivity index (χ2n) is 6.49. The molecular formula is C15H27ClN2O2. The van der Waals surface area contributed by atoms with Gasteiger partial charge in [-0.1, -0.05) is 0 Å². The van der Waals surface area contributed by atoms with Gasteiger partial charge in [0, 0.05) is 38.5 Å². The van der Waals surface area contributed by atoms with Crippen LogP contribution in [-0.4, -0.2) is 50.2 Å². The SMILES string of the molecule is COC1[C@@H]2CC[C@H]1CN(C(=O)CC1CCNCC1)C2.Cl. The van der Waals surface area contributed by atoms with Crippen molar-refractivity contribution in [1.82, 2.24) is 10.2 Å². The van der Waals surface area contributed by atoms with Crippen LogP contribution < -0.4 is 5.32 Å². The summed E-state index contributed by atoms with van der Waals surface area (Å²) in [6, 6.07) is 0. The van der Waals surface area contributed by atoms with Gasteiger partial charge in [0.1, 0.15) is 0 Å². The van der Waals surface area contributed by atoms with Gasteiger partial charge in [-0.2, -0.15) is 0 Å². The number of ether oxygens (including phenoxy) is 1. The predicted octanol–water partition coefficient (Wildman–Crippen LogP) is 1.68. The summed E-state index contributed by atoms with van der Waals surface area (Å²) in [5.74, 6) is 2.16. The topological polar surface area (TPSA) is 41.6 Å². The molecule has 116 valence electrons. The van der Waals surface area contributed by atoms with Gasteiger partial charge in [0.2, 0.25) is 5.91 Å². The summed E-state index contributed by atoms with van der Waals surface area (Å²) in [7, 11) is 1.82. The first-order valence-corrected chi connectivity index (χ1v) is 7.79. The fourth-order valence-electron chi connectivity index (χ4n) is 4.22. The zero-order valence-corrected chi connectivity index (χ0v) is 13.2. The number of fused-ring (bicyclic) bond motifs is 2. The molecule has 4 nitrogen and oxygen atoms in total. The van der Waals surface area contributed by atoms with Crippen molar-refractivity contribution >= 4 is 18.3 Å². The third kappa shape index (κ3) is 3.29. The van der Waals surface area contributed by atoms with Crippen LogP contribution in [0.1, 0.15) is 32.1 Å². The van der Waals surface area contributed by atoms with Gasteiger partial charge in [0.15, 0.2) is 0 Å². The molecular weight excluding hydrogens is 276 g/mol. The Labute approximate surface area is 128 Å². The summed E-state index contributed by atoms with van der Waals surface area (Å²) < 4.78 is 5.61. The highest BCUT2D eigenvalue weighted by molar-refractivity contribution is 5.85. The molecule has 0 aromatic carbocycles. The van der Waals surface area contributed by atoms with E-state index in [-0.39, 0.29) is 12.4 Å². The van der Waals surface area contributed by atoms with E-state index in [9.17, 15) is 4.79 Å². The lowest BCUT2D eigenvalue weighted by Crippen LogP contribution is -2.48. The minimum absolute atomic E-state index is 0. The first-order valence-electron chi connectivity index (χ1n) is 7.79. The Hall–Kier alpha value is -0.320. The average molecular weight is 303 g/mol. The van der Waals surface area contributed by atoms with Crippen molar-refractivity contribution in [2.45, 2.75) is 38.2 Å². The fourth-order valence-corrected chi connectivity index (χ4v) is 4.22. The molecule has 3 atom stereocenters. The van der Waals surface area contributed by atoms with E-state index in [2.05, 4.69) is 10.2 Å². The Morgan fingerprint density at radius 3 is 2.30 bits per heavy atom. The Kier molecular flexibility index (Phi) is 5.70. The second-order valence-corrected chi connectivity index (χ2v) is 6.49. The number of rotatable bonds is 3. The van der Waals surface area contributed by atoms with E-state index in [0.717, 1.165) is 45.4 Å². The molecule has 0 radical (unpaired) electrons. The van der Waals surface area contributed by atoms with Crippen LogP contribution in [0, 0.1) is 17.8 Å². The molecule has 20 heavy (non-hydrogen) atoms. The lowest BCUT2D eigenvalue weighted by molar-refractivity contribution is -0.137. The van der Waals surface area contributed by atoms with Crippen LogP contribution >= 0.6 is 12.4 Å². The number of halogens is 1. The normalized spacial score (nSPS) is 33.9. The van der Waals surface area contributed by atoms with Crippen LogP contribution in [0.25, 0.3) is 0 Å². The smallest absolute Gasteiger partial charge is 0.222 e. The lowest BCUT2D eigenvalue weighted by Gasteiger charge is -2.38. The minimum atomic E-state index is 0. The van der Waals surface area contributed by atoms with Crippen LogP contribution in [0.3, 0.4) is 0 Å². The van der Waals surface area contributed by atoms with E-state index in [1.807, 2.05) is 7.11 Å². The van der Waals surface area contributed by atoms with E-state index in [1.54, 1.807) is 0 Å². The molecule has 0 aromatic heterocycles. The minimum Gasteiger partial charge on any atom is -0.381 e. The molecule has 0 spiro atoms. The van der Waals surface area contributed by atoms with Crippen LogP contribution in [-0.2, 0) is 9.53 Å². The first-order chi connectivity index (χ1) is 9.28. The second kappa shape index (κ2) is 7.10. The van der Waals surface area contributed by atoms with Gasteiger partial charge in [-0.15, -0.1) is 12.4 Å². The summed E-state index contributed by atoms with van der Waals surface area (Å²) >= 11 is 0. The molecule has 2 saturated heterocycles. The highest BCUT2D eigenvalue weighted by Crippen LogP contribution is 2.39. The number of likely N-dealkylation sites (tertiary alicyclic amines) is 1. The van der Waals surface area contributed by atoms with Gasteiger partial charge in [0.05, 0.1) is 6.10 Å². The molecule has 3 fully saturated rings. The maximum absolute atomic E-state index is 12.4. The maximum Gasteiger partial charge on any atom is 0.222 e. The van der Waals surface area contributed by atoms with Crippen molar-refractivity contribution in [2.75, 3.05) is 33.3 Å². The van der Waals surface area contributed by atoms with E-state index in [4.69, 9.17) is 4.74 Å². The molecule has 3 aliphatic rings. The largest absolute Gasteiger partial charge is 0.381 e. The van der Waals surface area contributed by atoms with E-state index >= 15 is 0 Å². The number of hydrogen-bond acceptors (Lipinski definition) is 3. The van der Waals surface area contributed by atoms with Gasteiger partial charge in [-0.05, 0) is 44.7 Å². The fraction of sp³-hybridized carbons (Fsp3) is 0.933. The molecule has 1 unspecified atom stereocenters. The van der Waals surface area contributed by atoms with E-state index in [1.165, 1.54) is 12.8 Å². The molecule has 0 aromatic rings. The summed E-state index contributed by atoms with van der Waals surface area (Å²) in [5, 5.41) is 3.36. The highest BCUT2D eigenvalue weighted by Gasteiger charge is 2.43. The molecule has 1 saturated carbocycles. The quantitative estimate of drug-likeness (QED) is 0.862. The summed E-state index contributed by atoms with van der Waals surface area (Å²) in [4.78, 5) is 14.6. The molecule has 1 amide bonds. The monoisotopic (exact) mass is 302 g/mol. The number of nitrogens with zero attached hydrogens (tertiary/aromatic N) is 1. The van der Waals surface area contributed by atoms with Crippen molar-refractivity contribution in [3.8, 4) is 0 Å². The summed E-state index contributed by atoms with van der Waals surface area (Å²) in [5.41, 5.74) is 0. The third-order valence-corrected chi connectivity index (χ3v) is 5.29. The summed E-state index contributed by atoms with van der Waals surface area (Å²) in [6.45, 7) is 4.02. The van der Waals surface area contributed by atoms with Crippen LogP contribution in [0.15, 0.2) is 0 Å². The number of hydrogen-bond donors (Lipinski definition) is 1.